The molecule has 3 nitrogen and oxygen atoms in total. The van der Waals surface area contributed by atoms with Gasteiger partial charge in [0.1, 0.15) is 0 Å². The maximum absolute atomic E-state index is 9.82. The Hall–Kier alpha value is -0.0900. The van der Waals surface area contributed by atoms with Gasteiger partial charge in [0.25, 0.3) is 0 Å². The van der Waals surface area contributed by atoms with Gasteiger partial charge in [-0.2, -0.15) is 0 Å². The van der Waals surface area contributed by atoms with E-state index in [1.807, 2.05) is 6.92 Å². The molecule has 0 aliphatic heterocycles. The highest BCUT2D eigenvalue weighted by Gasteiger charge is 1.96. The van der Waals surface area contributed by atoms with Gasteiger partial charge in [-0.05, 0) is 6.92 Å². The quantitative estimate of drug-likeness (QED) is 0.490. The average molecular weight is 182 g/mol. The monoisotopic (exact) mass is 181 g/mol. The highest BCUT2D eigenvalue weighted by molar-refractivity contribution is 9.09. The fourth-order valence-electron chi connectivity index (χ4n) is 0.228. The Morgan fingerprint density at radius 1 is 2.00 bits per heavy atom. The van der Waals surface area contributed by atoms with Crippen molar-refractivity contribution in [3.63, 3.8) is 0 Å². The van der Waals surface area contributed by atoms with Gasteiger partial charge in [-0.1, -0.05) is 15.9 Å². The van der Waals surface area contributed by atoms with Crippen molar-refractivity contribution in [1.29, 1.82) is 0 Å². The number of nitrogens with one attached hydrogen (secondary N) is 1. The van der Waals surface area contributed by atoms with Crippen molar-refractivity contribution in [2.75, 3.05) is 6.54 Å². The van der Waals surface area contributed by atoms with Gasteiger partial charge in [0, 0.05) is 0 Å². The summed E-state index contributed by atoms with van der Waals surface area (Å²) in [7, 11) is 0. The summed E-state index contributed by atoms with van der Waals surface area (Å²) >= 11 is 3.13. The number of halogens is 1. The van der Waals surface area contributed by atoms with Crippen LogP contribution in [0, 0.1) is 0 Å². The van der Waals surface area contributed by atoms with E-state index in [2.05, 4.69) is 21.2 Å². The van der Waals surface area contributed by atoms with Crippen molar-refractivity contribution in [2.45, 2.75) is 11.9 Å². The van der Waals surface area contributed by atoms with Gasteiger partial charge < -0.3 is 5.11 Å². The van der Waals surface area contributed by atoms with Crippen LogP contribution in [0.25, 0.3) is 0 Å². The van der Waals surface area contributed by atoms with Crippen molar-refractivity contribution in [3.8, 4) is 0 Å². The molecule has 48 valence electrons. The maximum atomic E-state index is 9.82. The van der Waals surface area contributed by atoms with Crippen LogP contribution in [-0.2, 0) is 4.79 Å². The number of hydrogen-bond donors (Lipinski definition) is 2. The maximum Gasteiger partial charge on any atom is 0.317 e. The predicted molar refractivity (Wildman–Crippen MR) is 34.0 cm³/mol. The summed E-state index contributed by atoms with van der Waals surface area (Å²) in [6.07, 6.45) is 0. The van der Waals surface area contributed by atoms with Crippen molar-refractivity contribution in [3.05, 3.63) is 0 Å². The lowest BCUT2D eigenvalue weighted by molar-refractivity contribution is -0.135. The molecule has 0 aliphatic rings. The smallest absolute Gasteiger partial charge is 0.317 e. The minimum absolute atomic E-state index is 0.00637. The van der Waals surface area contributed by atoms with Crippen LogP contribution in [0.1, 0.15) is 6.92 Å². The molecule has 0 aromatic carbocycles. The fourth-order valence-corrected chi connectivity index (χ4v) is 0.390. The number of carboxylic acid groups (broad SMARTS) is 1. The molecule has 2 N–H and O–H groups in total. The Bertz CT molecular complexity index is 84.1. The summed E-state index contributed by atoms with van der Waals surface area (Å²) < 4.78 is 0. The summed E-state index contributed by atoms with van der Waals surface area (Å²) in [6, 6.07) is 0. The van der Waals surface area contributed by atoms with Gasteiger partial charge in [-0.15, -0.1) is 0 Å². The number of alkyl halides is 1. The molecule has 1 atom stereocenters. The highest BCUT2D eigenvalue weighted by atomic mass is 79.9. The topological polar surface area (TPSA) is 49.3 Å². The highest BCUT2D eigenvalue weighted by Crippen LogP contribution is 1.88. The molecule has 0 bridgehead atoms. The minimum Gasteiger partial charge on any atom is -0.480 e. The molecule has 0 aromatic rings. The molecule has 0 fully saturated rings. The predicted octanol–water partition coefficient (Wildman–Crippen LogP) is 0.401. The molecule has 4 heteroatoms. The first-order chi connectivity index (χ1) is 3.63. The standard InChI is InChI=1S/C4H8BrNO2/c1-3(5)6-2-4(7)8/h3,6H,2H2,1H3,(H,7,8). The summed E-state index contributed by atoms with van der Waals surface area (Å²) in [5.74, 6) is -0.837. The zero-order chi connectivity index (χ0) is 6.57. The van der Waals surface area contributed by atoms with Crippen LogP contribution in [-0.4, -0.2) is 22.6 Å². The number of carbonyl (C=O) groups is 1. The molecule has 1 unspecified atom stereocenters. The van der Waals surface area contributed by atoms with Crippen LogP contribution in [0.5, 0.6) is 0 Å². The molecule has 0 aromatic heterocycles. The molecule has 0 saturated heterocycles. The first kappa shape index (κ1) is 7.91. The molecule has 0 saturated carbocycles. The van der Waals surface area contributed by atoms with Crippen molar-refractivity contribution >= 4 is 21.9 Å². The van der Waals surface area contributed by atoms with E-state index in [-0.39, 0.29) is 11.5 Å². The van der Waals surface area contributed by atoms with E-state index in [1.165, 1.54) is 0 Å². The first-order valence-electron chi connectivity index (χ1n) is 2.22. The zero-order valence-corrected chi connectivity index (χ0v) is 6.10. The third-order valence-electron chi connectivity index (χ3n) is 0.535. The number of aliphatic carboxylic acids is 1. The van der Waals surface area contributed by atoms with Gasteiger partial charge >= 0.3 is 5.97 Å². The second-order valence-electron chi connectivity index (χ2n) is 1.39. The van der Waals surface area contributed by atoms with E-state index in [0.717, 1.165) is 0 Å². The van der Waals surface area contributed by atoms with Crippen LogP contribution >= 0.6 is 15.9 Å². The van der Waals surface area contributed by atoms with Crippen molar-refractivity contribution < 1.29 is 9.90 Å². The summed E-state index contributed by atoms with van der Waals surface area (Å²) in [4.78, 5) is 9.89. The third-order valence-corrected chi connectivity index (χ3v) is 0.858. The lowest BCUT2D eigenvalue weighted by atomic mass is 10.6. The number of hydrogen-bond acceptors (Lipinski definition) is 2. The van der Waals surface area contributed by atoms with Crippen molar-refractivity contribution in [1.82, 2.24) is 5.32 Å². The fraction of sp³-hybridized carbons (Fsp3) is 0.750. The SMILES string of the molecule is CC(Br)NCC(=O)O. The average Bonchev–Trinajstić information content (AvgIpc) is 1.61. The van der Waals surface area contributed by atoms with Crippen LogP contribution in [0.3, 0.4) is 0 Å². The Kier molecular flexibility index (Phi) is 3.81. The van der Waals surface area contributed by atoms with E-state index < -0.39 is 5.97 Å². The zero-order valence-electron chi connectivity index (χ0n) is 4.52. The molecule has 0 aliphatic carbocycles. The molecule has 0 radical (unpaired) electrons. The van der Waals surface area contributed by atoms with E-state index in [1.54, 1.807) is 0 Å². The van der Waals surface area contributed by atoms with Gasteiger partial charge in [-0.3, -0.25) is 10.1 Å². The van der Waals surface area contributed by atoms with Crippen LogP contribution in [0.15, 0.2) is 0 Å². The molecule has 0 amide bonds. The van der Waals surface area contributed by atoms with E-state index in [4.69, 9.17) is 5.11 Å². The van der Waals surface area contributed by atoms with Crippen LogP contribution < -0.4 is 5.32 Å². The molecular weight excluding hydrogens is 174 g/mol. The first-order valence-corrected chi connectivity index (χ1v) is 3.13. The van der Waals surface area contributed by atoms with Crippen LogP contribution in [0.4, 0.5) is 0 Å². The Morgan fingerprint density at radius 2 is 2.50 bits per heavy atom. The Balaban J connectivity index is 3.05. The number of rotatable bonds is 3. The van der Waals surface area contributed by atoms with Crippen molar-refractivity contribution in [2.24, 2.45) is 0 Å². The summed E-state index contributed by atoms with van der Waals surface area (Å²) in [5.41, 5.74) is 0. The van der Waals surface area contributed by atoms with Gasteiger partial charge in [0.2, 0.25) is 0 Å². The number of carboxylic acids is 1. The second-order valence-corrected chi connectivity index (χ2v) is 2.76. The minimum atomic E-state index is -0.837. The summed E-state index contributed by atoms with van der Waals surface area (Å²) in [6.45, 7) is 1.83. The molecule has 0 rings (SSSR count). The van der Waals surface area contributed by atoms with E-state index >= 15 is 0 Å². The lowest BCUT2D eigenvalue weighted by Gasteiger charge is -2.00. The van der Waals surface area contributed by atoms with Gasteiger partial charge in [0.15, 0.2) is 0 Å². The lowest BCUT2D eigenvalue weighted by Crippen LogP contribution is -2.26. The van der Waals surface area contributed by atoms with E-state index in [0.29, 0.717) is 0 Å². The Morgan fingerprint density at radius 3 is 2.62 bits per heavy atom. The largest absolute Gasteiger partial charge is 0.480 e. The normalized spacial score (nSPS) is 13.2. The molecule has 0 heterocycles. The Labute approximate surface area is 56.2 Å². The van der Waals surface area contributed by atoms with Gasteiger partial charge in [0.05, 0.1) is 11.5 Å². The van der Waals surface area contributed by atoms with Crippen LogP contribution in [0.2, 0.25) is 0 Å². The summed E-state index contributed by atoms with van der Waals surface area (Å²) in [5, 5.41) is 10.7. The molecular formula is C4H8BrNO2. The van der Waals surface area contributed by atoms with Gasteiger partial charge in [-0.25, -0.2) is 0 Å². The second kappa shape index (κ2) is 3.86. The van der Waals surface area contributed by atoms with E-state index in [9.17, 15) is 4.79 Å². The molecule has 8 heavy (non-hydrogen) atoms. The third kappa shape index (κ3) is 5.91. The molecule has 0 spiro atoms.